The third-order valence-electron chi connectivity index (χ3n) is 8.81. The Morgan fingerprint density at radius 3 is 2.69 bits per heavy atom. The predicted octanol–water partition coefficient (Wildman–Crippen LogP) is 8.23. The first-order chi connectivity index (χ1) is 22.0. The minimum Gasteiger partial charge on any atom is -0.459 e. The molecule has 1 amide bonds. The molecule has 0 bridgehead atoms. The number of hydrogen-bond acceptors (Lipinski definition) is 6. The Morgan fingerprint density at radius 2 is 1.87 bits per heavy atom. The van der Waals surface area contributed by atoms with Gasteiger partial charge in [0.25, 0.3) is 5.91 Å². The fourth-order valence-corrected chi connectivity index (χ4v) is 7.73. The molecular weight excluding hydrogens is 580 g/mol. The first-order valence-electron chi connectivity index (χ1n) is 15.6. The van der Waals surface area contributed by atoms with Crippen LogP contribution < -0.4 is 5.32 Å². The maximum atomic E-state index is 13.7. The molecule has 7 heteroatoms. The highest BCUT2D eigenvalue weighted by Gasteiger charge is 2.39. The number of ether oxygens (including phenoxy) is 2. The molecule has 1 aliphatic carbocycles. The van der Waals surface area contributed by atoms with Crippen molar-refractivity contribution in [3.63, 3.8) is 0 Å². The summed E-state index contributed by atoms with van der Waals surface area (Å²) < 4.78 is 13.6. The van der Waals surface area contributed by atoms with E-state index < -0.39 is 6.29 Å². The van der Waals surface area contributed by atoms with Crippen molar-refractivity contribution >= 4 is 33.1 Å². The number of aliphatic hydroxyl groups excluding tert-OH is 1. The zero-order chi connectivity index (χ0) is 30.9. The van der Waals surface area contributed by atoms with Gasteiger partial charge in [-0.2, -0.15) is 0 Å². The van der Waals surface area contributed by atoms with E-state index in [-0.39, 0.29) is 30.1 Å². The number of thiazole rings is 1. The number of aryl methyl sites for hydroxylation is 1. The Morgan fingerprint density at radius 1 is 1.04 bits per heavy atom. The molecule has 2 N–H and O–H groups in total. The van der Waals surface area contributed by atoms with E-state index in [1.54, 1.807) is 11.3 Å². The van der Waals surface area contributed by atoms with E-state index in [4.69, 9.17) is 14.5 Å². The Bertz CT molecular complexity index is 1890. The predicted molar refractivity (Wildman–Crippen MR) is 180 cm³/mol. The normalized spacial score (nSPS) is 18.6. The molecule has 0 fully saturated rings. The Balaban J connectivity index is 1.18. The third kappa shape index (κ3) is 5.79. The summed E-state index contributed by atoms with van der Waals surface area (Å²) in [6.07, 6.45) is 3.53. The van der Waals surface area contributed by atoms with E-state index in [9.17, 15) is 9.90 Å². The van der Waals surface area contributed by atoms with Crippen molar-refractivity contribution in [3.8, 4) is 21.7 Å². The van der Waals surface area contributed by atoms with Crippen LogP contribution in [0.5, 0.6) is 0 Å². The second-order valence-electron chi connectivity index (χ2n) is 11.8. The molecule has 0 radical (unpaired) electrons. The molecule has 3 atom stereocenters. The lowest BCUT2D eigenvalue weighted by Gasteiger charge is -2.37. The molecule has 45 heavy (non-hydrogen) atoms. The van der Waals surface area contributed by atoms with E-state index >= 15 is 0 Å². The van der Waals surface area contributed by atoms with Crippen LogP contribution in [-0.2, 0) is 20.7 Å². The summed E-state index contributed by atoms with van der Waals surface area (Å²) in [6.45, 7) is 4.56. The number of aliphatic hydroxyl groups is 1. The van der Waals surface area contributed by atoms with Crippen molar-refractivity contribution in [1.29, 1.82) is 0 Å². The summed E-state index contributed by atoms with van der Waals surface area (Å²) >= 11 is 1.66. The number of carbonyl (C=O) groups excluding carboxylic acids is 1. The van der Waals surface area contributed by atoms with Crippen LogP contribution in [0, 0.1) is 12.8 Å². The SMILES string of the molecule is CCO[C@H]1OC(C(=O)Nc2ccc(-c3nc4ccc(C)cc4s3)cc2)=C[C@@H](c2cccc3c2Cc2ccccc2-3)[C@H]1CCCO. The van der Waals surface area contributed by atoms with Crippen molar-refractivity contribution in [2.75, 3.05) is 18.5 Å². The summed E-state index contributed by atoms with van der Waals surface area (Å²) in [5.74, 6) is -0.237. The lowest BCUT2D eigenvalue weighted by atomic mass is 9.78. The van der Waals surface area contributed by atoms with Gasteiger partial charge in [-0.15, -0.1) is 11.3 Å². The number of fused-ring (bicyclic) bond motifs is 4. The van der Waals surface area contributed by atoms with Crippen LogP contribution in [-0.4, -0.2) is 35.5 Å². The van der Waals surface area contributed by atoms with Gasteiger partial charge in [0.2, 0.25) is 6.29 Å². The fourth-order valence-electron chi connectivity index (χ4n) is 6.66. The number of amides is 1. The zero-order valence-electron chi connectivity index (χ0n) is 25.5. The summed E-state index contributed by atoms with van der Waals surface area (Å²) in [5.41, 5.74) is 10.2. The number of allylic oxidation sites excluding steroid dienone is 1. The van der Waals surface area contributed by atoms with Crippen LogP contribution in [0.1, 0.15) is 47.9 Å². The minimum absolute atomic E-state index is 0.0549. The van der Waals surface area contributed by atoms with E-state index in [0.717, 1.165) is 27.2 Å². The molecule has 1 aliphatic heterocycles. The molecule has 6 nitrogen and oxygen atoms in total. The van der Waals surface area contributed by atoms with Gasteiger partial charge in [0.05, 0.1) is 10.2 Å². The summed E-state index contributed by atoms with van der Waals surface area (Å²) in [5, 5.41) is 13.7. The van der Waals surface area contributed by atoms with Crippen LogP contribution >= 0.6 is 11.3 Å². The highest BCUT2D eigenvalue weighted by atomic mass is 32.1. The van der Waals surface area contributed by atoms with Crippen LogP contribution in [0.3, 0.4) is 0 Å². The molecule has 0 unspecified atom stereocenters. The number of nitrogens with zero attached hydrogens (tertiary/aromatic N) is 1. The maximum absolute atomic E-state index is 13.7. The lowest BCUT2D eigenvalue weighted by Crippen LogP contribution is -2.37. The maximum Gasteiger partial charge on any atom is 0.290 e. The Kier molecular flexibility index (Phi) is 8.23. The first-order valence-corrected chi connectivity index (χ1v) is 16.4. The van der Waals surface area contributed by atoms with Gasteiger partial charge >= 0.3 is 0 Å². The monoisotopic (exact) mass is 616 g/mol. The summed E-state index contributed by atoms with van der Waals surface area (Å²) in [7, 11) is 0. The number of aromatic nitrogens is 1. The molecule has 228 valence electrons. The Labute approximate surface area is 267 Å². The second kappa shape index (κ2) is 12.6. The lowest BCUT2D eigenvalue weighted by molar-refractivity contribution is -0.165. The van der Waals surface area contributed by atoms with Gasteiger partial charge in [0, 0.05) is 36.3 Å². The van der Waals surface area contributed by atoms with Crippen molar-refractivity contribution in [1.82, 2.24) is 4.98 Å². The van der Waals surface area contributed by atoms with Crippen LogP contribution in [0.25, 0.3) is 31.9 Å². The van der Waals surface area contributed by atoms with Crippen LogP contribution in [0.2, 0.25) is 0 Å². The average molecular weight is 617 g/mol. The van der Waals surface area contributed by atoms with E-state index in [0.29, 0.717) is 25.1 Å². The number of benzene rings is 4. The smallest absolute Gasteiger partial charge is 0.290 e. The summed E-state index contributed by atoms with van der Waals surface area (Å²) in [4.78, 5) is 18.5. The molecule has 7 rings (SSSR count). The third-order valence-corrected chi connectivity index (χ3v) is 9.88. The molecule has 1 aromatic heterocycles. The topological polar surface area (TPSA) is 80.7 Å². The second-order valence-corrected chi connectivity index (χ2v) is 12.8. The molecule has 2 heterocycles. The van der Waals surface area contributed by atoms with Crippen molar-refractivity contribution in [3.05, 3.63) is 119 Å². The molecule has 0 spiro atoms. The number of hydrogen-bond donors (Lipinski definition) is 2. The number of anilines is 1. The number of carbonyl (C=O) groups is 1. The van der Waals surface area contributed by atoms with Gasteiger partial charge < -0.3 is 19.9 Å². The van der Waals surface area contributed by atoms with E-state index in [1.165, 1.54) is 33.4 Å². The largest absolute Gasteiger partial charge is 0.459 e. The van der Waals surface area contributed by atoms with Crippen LogP contribution in [0.15, 0.2) is 96.8 Å². The zero-order valence-corrected chi connectivity index (χ0v) is 26.3. The Hall–Kier alpha value is -4.30. The van der Waals surface area contributed by atoms with Gasteiger partial charge in [0.1, 0.15) is 5.01 Å². The van der Waals surface area contributed by atoms with Gasteiger partial charge in [-0.1, -0.05) is 48.5 Å². The van der Waals surface area contributed by atoms with Crippen LogP contribution in [0.4, 0.5) is 5.69 Å². The molecule has 4 aromatic carbocycles. The van der Waals surface area contributed by atoms with Gasteiger partial charge in [0.15, 0.2) is 5.76 Å². The number of rotatable bonds is 9. The molecule has 0 saturated carbocycles. The quantitative estimate of drug-likeness (QED) is 0.171. The highest BCUT2D eigenvalue weighted by Crippen LogP contribution is 2.46. The first kappa shape index (κ1) is 29.4. The van der Waals surface area contributed by atoms with E-state index in [1.807, 2.05) is 37.3 Å². The summed E-state index contributed by atoms with van der Waals surface area (Å²) in [6, 6.07) is 29.0. The van der Waals surface area contributed by atoms with Crippen molar-refractivity contribution in [2.24, 2.45) is 5.92 Å². The van der Waals surface area contributed by atoms with Gasteiger partial charge in [-0.25, -0.2) is 4.98 Å². The molecule has 5 aromatic rings. The molecule has 2 aliphatic rings. The molecular formula is C38H36N2O4S. The van der Waals surface area contributed by atoms with Crippen molar-refractivity contribution in [2.45, 2.75) is 45.3 Å². The van der Waals surface area contributed by atoms with Gasteiger partial charge in [-0.05, 0) is 109 Å². The standard InChI is InChI=1S/C38H36N2O4S/c1-3-43-38-30(12-7-19-41)32(29-11-6-10-28-27-9-5-4-8-25(27)21-31(28)29)22-34(44-38)36(42)39-26-16-14-24(15-17-26)37-40-33-18-13-23(2)20-35(33)45-37/h4-6,8-11,13-18,20,22,30,32,38,41H,3,7,12,19,21H2,1-2H3,(H,39,42)/t30-,32+,38+/m1/s1. The average Bonchev–Trinajstić information content (AvgIpc) is 3.66. The minimum atomic E-state index is -0.609. The number of nitrogens with one attached hydrogen (secondary N) is 1. The fraction of sp³-hybridized carbons (Fsp3) is 0.263. The van der Waals surface area contributed by atoms with E-state index in [2.05, 4.69) is 72.9 Å². The highest BCUT2D eigenvalue weighted by molar-refractivity contribution is 7.21. The van der Waals surface area contributed by atoms with Gasteiger partial charge in [-0.3, -0.25) is 4.79 Å². The van der Waals surface area contributed by atoms with Crippen molar-refractivity contribution < 1.29 is 19.4 Å². The molecule has 0 saturated heterocycles.